The second-order valence-corrected chi connectivity index (χ2v) is 9.82. The van der Waals surface area contributed by atoms with Crippen LogP contribution in [0.2, 0.25) is 0 Å². The SMILES string of the molecule is CCC1CCc2c(sc3cc(N4CCC(C)(C)CC4)ccc3c2=O)C1. The standard InChI is InChI=1S/C22H29NOS/c1-4-15-5-7-17-19(13-15)25-20-14-16(6-8-18(20)21(17)24)23-11-9-22(2,3)10-12-23/h6,8,14-15H,4-5,7,9-13H2,1-3H3. The molecular weight excluding hydrogens is 326 g/mol. The molecule has 0 saturated carbocycles. The lowest BCUT2D eigenvalue weighted by molar-refractivity contribution is 0.280. The molecule has 0 radical (unpaired) electrons. The lowest BCUT2D eigenvalue weighted by Gasteiger charge is -2.38. The molecule has 0 bridgehead atoms. The van der Waals surface area contributed by atoms with Gasteiger partial charge in [0.05, 0.1) is 0 Å². The number of nitrogens with zero attached hydrogens (tertiary/aromatic N) is 1. The van der Waals surface area contributed by atoms with E-state index in [1.807, 2.05) is 11.3 Å². The maximum absolute atomic E-state index is 12.9. The lowest BCUT2D eigenvalue weighted by Crippen LogP contribution is -2.37. The second kappa shape index (κ2) is 6.42. The first-order valence-electron chi connectivity index (χ1n) is 9.80. The van der Waals surface area contributed by atoms with Gasteiger partial charge in [0.1, 0.15) is 0 Å². The molecule has 3 heteroatoms. The second-order valence-electron chi connectivity index (χ2n) is 8.68. The molecule has 25 heavy (non-hydrogen) atoms. The molecule has 1 aromatic carbocycles. The molecule has 2 heterocycles. The van der Waals surface area contributed by atoms with Crippen LogP contribution < -0.4 is 10.3 Å². The highest BCUT2D eigenvalue weighted by Gasteiger charge is 2.26. The van der Waals surface area contributed by atoms with Gasteiger partial charge in [-0.05, 0) is 61.6 Å². The molecular formula is C22H29NOS. The molecule has 2 aromatic rings. The molecule has 2 aliphatic rings. The Morgan fingerprint density at radius 2 is 2.00 bits per heavy atom. The van der Waals surface area contributed by atoms with Gasteiger partial charge in [0, 0.05) is 39.3 Å². The third kappa shape index (κ3) is 3.23. The van der Waals surface area contributed by atoms with Gasteiger partial charge in [0.2, 0.25) is 0 Å². The fraction of sp³-hybridized carbons (Fsp3) is 0.591. The number of anilines is 1. The van der Waals surface area contributed by atoms with E-state index in [0.717, 1.165) is 42.8 Å². The Kier molecular flexibility index (Phi) is 4.39. The fourth-order valence-corrected chi connectivity index (χ4v) is 5.67. The highest BCUT2D eigenvalue weighted by Crippen LogP contribution is 2.36. The minimum absolute atomic E-state index is 0.296. The monoisotopic (exact) mass is 355 g/mol. The minimum Gasteiger partial charge on any atom is -0.371 e. The van der Waals surface area contributed by atoms with E-state index in [9.17, 15) is 4.79 Å². The Balaban J connectivity index is 1.70. The van der Waals surface area contributed by atoms with Crippen molar-refractivity contribution in [3.05, 3.63) is 38.9 Å². The van der Waals surface area contributed by atoms with Gasteiger partial charge in [-0.25, -0.2) is 0 Å². The summed E-state index contributed by atoms with van der Waals surface area (Å²) in [5.41, 5.74) is 3.16. The highest BCUT2D eigenvalue weighted by molar-refractivity contribution is 7.18. The molecule has 1 atom stereocenters. The van der Waals surface area contributed by atoms with Crippen LogP contribution in [0.25, 0.3) is 10.1 Å². The van der Waals surface area contributed by atoms with E-state index < -0.39 is 0 Å². The van der Waals surface area contributed by atoms with Crippen LogP contribution >= 0.6 is 11.3 Å². The van der Waals surface area contributed by atoms with Gasteiger partial charge in [-0.2, -0.15) is 0 Å². The van der Waals surface area contributed by atoms with Crippen molar-refractivity contribution in [1.29, 1.82) is 0 Å². The van der Waals surface area contributed by atoms with Gasteiger partial charge >= 0.3 is 0 Å². The van der Waals surface area contributed by atoms with Crippen molar-refractivity contribution in [2.24, 2.45) is 11.3 Å². The lowest BCUT2D eigenvalue weighted by atomic mass is 9.82. The first-order valence-corrected chi connectivity index (χ1v) is 10.6. The fourth-order valence-electron chi connectivity index (χ4n) is 4.31. The summed E-state index contributed by atoms with van der Waals surface area (Å²) in [4.78, 5) is 16.8. The average molecular weight is 356 g/mol. The van der Waals surface area contributed by atoms with Crippen molar-refractivity contribution in [3.63, 3.8) is 0 Å². The van der Waals surface area contributed by atoms with E-state index in [2.05, 4.69) is 43.9 Å². The van der Waals surface area contributed by atoms with Crippen molar-refractivity contribution in [2.75, 3.05) is 18.0 Å². The molecule has 1 fully saturated rings. The summed E-state index contributed by atoms with van der Waals surface area (Å²) in [6.07, 6.45) is 6.96. The summed E-state index contributed by atoms with van der Waals surface area (Å²) >= 11 is 1.87. The number of rotatable bonds is 2. The summed E-state index contributed by atoms with van der Waals surface area (Å²) in [6, 6.07) is 6.52. The summed E-state index contributed by atoms with van der Waals surface area (Å²) in [7, 11) is 0. The van der Waals surface area contributed by atoms with E-state index in [1.54, 1.807) is 0 Å². The predicted molar refractivity (Wildman–Crippen MR) is 109 cm³/mol. The third-order valence-corrected chi connectivity index (χ3v) is 7.61. The maximum Gasteiger partial charge on any atom is 0.191 e. The normalized spacial score (nSPS) is 22.8. The molecule has 2 nitrogen and oxygen atoms in total. The summed E-state index contributed by atoms with van der Waals surface area (Å²) < 4.78 is 1.18. The topological polar surface area (TPSA) is 20.3 Å². The van der Waals surface area contributed by atoms with Gasteiger partial charge in [-0.3, -0.25) is 4.79 Å². The van der Waals surface area contributed by atoms with Crippen molar-refractivity contribution in [3.8, 4) is 0 Å². The number of piperidine rings is 1. The van der Waals surface area contributed by atoms with Crippen LogP contribution in [0.3, 0.4) is 0 Å². The van der Waals surface area contributed by atoms with E-state index in [0.29, 0.717) is 10.8 Å². The molecule has 4 rings (SSSR count). The summed E-state index contributed by atoms with van der Waals surface area (Å²) in [6.45, 7) is 9.25. The first-order chi connectivity index (χ1) is 12.0. The molecule has 0 spiro atoms. The van der Waals surface area contributed by atoms with Gasteiger partial charge < -0.3 is 4.90 Å². The van der Waals surface area contributed by atoms with Crippen LogP contribution in [0.4, 0.5) is 5.69 Å². The summed E-state index contributed by atoms with van der Waals surface area (Å²) in [5.74, 6) is 0.758. The maximum atomic E-state index is 12.9. The molecule has 134 valence electrons. The Morgan fingerprint density at radius 1 is 1.24 bits per heavy atom. The van der Waals surface area contributed by atoms with Crippen LogP contribution in [-0.4, -0.2) is 13.1 Å². The first kappa shape index (κ1) is 17.1. The van der Waals surface area contributed by atoms with Crippen LogP contribution in [0.15, 0.2) is 23.0 Å². The highest BCUT2D eigenvalue weighted by atomic mass is 32.1. The zero-order chi connectivity index (χ0) is 17.6. The van der Waals surface area contributed by atoms with Crippen molar-refractivity contribution >= 4 is 27.1 Å². The Hall–Kier alpha value is -1.35. The van der Waals surface area contributed by atoms with Gasteiger partial charge in [0.15, 0.2) is 5.43 Å². The third-order valence-electron chi connectivity index (χ3n) is 6.39. The van der Waals surface area contributed by atoms with E-state index in [4.69, 9.17) is 0 Å². The van der Waals surface area contributed by atoms with Crippen LogP contribution in [0.1, 0.15) is 56.9 Å². The molecule has 1 aliphatic heterocycles. The average Bonchev–Trinajstić information content (AvgIpc) is 2.61. The zero-order valence-electron chi connectivity index (χ0n) is 15.7. The van der Waals surface area contributed by atoms with Gasteiger partial charge in [-0.1, -0.05) is 27.2 Å². The molecule has 1 aromatic heterocycles. The molecule has 1 unspecified atom stereocenters. The molecule has 0 amide bonds. The van der Waals surface area contributed by atoms with Crippen LogP contribution in [-0.2, 0) is 12.8 Å². The smallest absolute Gasteiger partial charge is 0.191 e. The molecule has 0 N–H and O–H groups in total. The number of hydrogen-bond donors (Lipinski definition) is 0. The summed E-state index contributed by atoms with van der Waals surface area (Å²) in [5, 5.41) is 0.930. The van der Waals surface area contributed by atoms with E-state index in [-0.39, 0.29) is 0 Å². The van der Waals surface area contributed by atoms with Crippen LogP contribution in [0, 0.1) is 11.3 Å². The van der Waals surface area contributed by atoms with Crippen molar-refractivity contribution < 1.29 is 0 Å². The predicted octanol–water partition coefficient (Wildman–Crippen LogP) is 5.40. The zero-order valence-corrected chi connectivity index (χ0v) is 16.5. The molecule has 1 aliphatic carbocycles. The minimum atomic E-state index is 0.296. The number of benzene rings is 1. The van der Waals surface area contributed by atoms with Crippen LogP contribution in [0.5, 0.6) is 0 Å². The van der Waals surface area contributed by atoms with Crippen molar-refractivity contribution in [1.82, 2.24) is 0 Å². The van der Waals surface area contributed by atoms with E-state index >= 15 is 0 Å². The quantitative estimate of drug-likeness (QED) is 0.718. The van der Waals surface area contributed by atoms with Crippen molar-refractivity contribution in [2.45, 2.75) is 59.3 Å². The number of hydrogen-bond acceptors (Lipinski definition) is 3. The Morgan fingerprint density at radius 3 is 2.72 bits per heavy atom. The largest absolute Gasteiger partial charge is 0.371 e. The molecule has 1 saturated heterocycles. The van der Waals surface area contributed by atoms with Gasteiger partial charge in [0.25, 0.3) is 0 Å². The Bertz CT molecular complexity index is 841. The Labute approximate surface area is 154 Å². The van der Waals surface area contributed by atoms with Gasteiger partial charge in [-0.15, -0.1) is 11.3 Å². The van der Waals surface area contributed by atoms with E-state index in [1.165, 1.54) is 40.9 Å². The number of fused-ring (bicyclic) bond motifs is 2.